The van der Waals surface area contributed by atoms with Gasteiger partial charge in [0, 0.05) is 32.3 Å². The Morgan fingerprint density at radius 2 is 1.91 bits per heavy atom. The number of aromatic nitrogens is 2. The van der Waals surface area contributed by atoms with Crippen LogP contribution < -0.4 is 5.32 Å². The molecule has 4 rings (SSSR count). The molecule has 0 aliphatic rings. The molecule has 0 saturated heterocycles. The number of H-pyrrole nitrogens is 1. The van der Waals surface area contributed by atoms with E-state index in [-0.39, 0.29) is 5.91 Å². The van der Waals surface area contributed by atoms with E-state index in [0.717, 1.165) is 25.2 Å². The summed E-state index contributed by atoms with van der Waals surface area (Å²) in [5.41, 5.74) is 1.58. The molecule has 2 N–H and O–H groups in total. The Bertz CT molecular complexity index is 1040. The minimum atomic E-state index is -0.164. The number of fused-ring (bicyclic) bond motifs is 2. The molecule has 2 heterocycles. The van der Waals surface area contributed by atoms with Crippen LogP contribution in [0.1, 0.15) is 10.4 Å². The summed E-state index contributed by atoms with van der Waals surface area (Å²) < 4.78 is 1.04. The first-order valence-corrected chi connectivity index (χ1v) is 8.22. The van der Waals surface area contributed by atoms with Crippen molar-refractivity contribution in [3.05, 3.63) is 70.1 Å². The van der Waals surface area contributed by atoms with E-state index >= 15 is 0 Å². The Hall–Kier alpha value is -2.41. The lowest BCUT2D eigenvalue weighted by Crippen LogP contribution is -2.12. The summed E-state index contributed by atoms with van der Waals surface area (Å²) in [4.78, 5) is 20.1. The van der Waals surface area contributed by atoms with Gasteiger partial charge in [-0.25, -0.2) is 4.98 Å². The van der Waals surface area contributed by atoms with Crippen LogP contribution in [-0.2, 0) is 0 Å². The van der Waals surface area contributed by atoms with Gasteiger partial charge in [0.1, 0.15) is 5.82 Å². The van der Waals surface area contributed by atoms with Crippen molar-refractivity contribution in [2.24, 2.45) is 0 Å². The van der Waals surface area contributed by atoms with Crippen LogP contribution in [0.3, 0.4) is 0 Å². The highest BCUT2D eigenvalue weighted by Gasteiger charge is 2.14. The van der Waals surface area contributed by atoms with Gasteiger partial charge < -0.3 is 10.3 Å². The van der Waals surface area contributed by atoms with Crippen LogP contribution in [0.2, 0.25) is 0 Å². The maximum absolute atomic E-state index is 12.6. The molecule has 0 unspecified atom stereocenters. The van der Waals surface area contributed by atoms with Crippen LogP contribution in [0.15, 0.2) is 60.9 Å². The average Bonchev–Trinajstić information content (AvgIpc) is 3.00. The van der Waals surface area contributed by atoms with E-state index in [2.05, 4.69) is 37.9 Å². The third-order valence-electron chi connectivity index (χ3n) is 3.77. The van der Waals surface area contributed by atoms with Gasteiger partial charge in [-0.2, -0.15) is 0 Å². The molecule has 0 radical (unpaired) electrons. The van der Waals surface area contributed by atoms with E-state index in [9.17, 15) is 4.79 Å². The normalized spacial score (nSPS) is 11.0. The Morgan fingerprint density at radius 1 is 1.09 bits per heavy atom. The second-order valence-electron chi connectivity index (χ2n) is 5.24. The van der Waals surface area contributed by atoms with Crippen molar-refractivity contribution in [3.63, 3.8) is 0 Å². The summed E-state index contributed by atoms with van der Waals surface area (Å²) in [6.07, 6.45) is 3.51. The number of carbonyl (C=O) groups excluding carboxylic acids is 1. The van der Waals surface area contributed by atoms with Crippen LogP contribution in [-0.4, -0.2) is 15.9 Å². The molecule has 23 heavy (non-hydrogen) atoms. The Morgan fingerprint density at radius 3 is 2.78 bits per heavy atom. The molecule has 0 saturated carbocycles. The van der Waals surface area contributed by atoms with E-state index in [0.29, 0.717) is 11.4 Å². The van der Waals surface area contributed by atoms with Crippen molar-refractivity contribution in [1.82, 2.24) is 9.97 Å². The van der Waals surface area contributed by atoms with Crippen molar-refractivity contribution in [2.45, 2.75) is 0 Å². The molecule has 0 fully saturated rings. The molecule has 2 aromatic carbocycles. The first kappa shape index (κ1) is 14.2. The maximum atomic E-state index is 12.6. The van der Waals surface area contributed by atoms with Gasteiger partial charge in [0.25, 0.3) is 5.91 Å². The molecule has 112 valence electrons. The second-order valence-corrected chi connectivity index (χ2v) is 6.40. The smallest absolute Gasteiger partial charge is 0.259 e. The Balaban J connectivity index is 1.70. The van der Waals surface area contributed by atoms with Crippen molar-refractivity contribution >= 4 is 56.0 Å². The molecule has 4 aromatic rings. The van der Waals surface area contributed by atoms with E-state index in [1.165, 1.54) is 0 Å². The van der Waals surface area contributed by atoms with Gasteiger partial charge in [-0.3, -0.25) is 4.79 Å². The zero-order chi connectivity index (χ0) is 15.8. The standard InChI is InChI=1S/C18H12IN3O/c19-14-6-3-7-15-17(14)13(10-20-15)18(23)22-16-8-11-4-1-2-5-12(11)9-21-16/h1-10,20H,(H,21,22,23). The number of anilines is 1. The number of nitrogens with one attached hydrogen (secondary N) is 2. The average molecular weight is 413 g/mol. The predicted molar refractivity (Wildman–Crippen MR) is 101 cm³/mol. The minimum absolute atomic E-state index is 0.164. The molecule has 0 atom stereocenters. The van der Waals surface area contributed by atoms with E-state index in [1.54, 1.807) is 12.4 Å². The summed E-state index contributed by atoms with van der Waals surface area (Å²) in [5.74, 6) is 0.386. The van der Waals surface area contributed by atoms with Crippen molar-refractivity contribution < 1.29 is 4.79 Å². The van der Waals surface area contributed by atoms with Crippen molar-refractivity contribution in [3.8, 4) is 0 Å². The fourth-order valence-electron chi connectivity index (χ4n) is 2.65. The van der Waals surface area contributed by atoms with Gasteiger partial charge in [-0.1, -0.05) is 30.3 Å². The lowest BCUT2D eigenvalue weighted by atomic mass is 10.1. The zero-order valence-electron chi connectivity index (χ0n) is 12.0. The summed E-state index contributed by atoms with van der Waals surface area (Å²) in [6, 6.07) is 15.7. The molecular weight excluding hydrogens is 401 g/mol. The number of amides is 1. The molecule has 0 bridgehead atoms. The summed E-state index contributed by atoms with van der Waals surface area (Å²) in [5, 5.41) is 5.91. The number of hydrogen-bond acceptors (Lipinski definition) is 2. The topological polar surface area (TPSA) is 57.8 Å². The highest BCUT2D eigenvalue weighted by atomic mass is 127. The maximum Gasteiger partial charge on any atom is 0.259 e. The van der Waals surface area contributed by atoms with Gasteiger partial charge in [-0.15, -0.1) is 0 Å². The summed E-state index contributed by atoms with van der Waals surface area (Å²) in [6.45, 7) is 0. The molecular formula is C18H12IN3O. The second kappa shape index (κ2) is 5.66. The van der Waals surface area contributed by atoms with Crippen LogP contribution >= 0.6 is 22.6 Å². The number of pyridine rings is 1. The Labute approximate surface area is 146 Å². The molecule has 5 heteroatoms. The quantitative estimate of drug-likeness (QED) is 0.473. The number of halogens is 1. The largest absolute Gasteiger partial charge is 0.360 e. The number of benzene rings is 2. The summed E-state index contributed by atoms with van der Waals surface area (Å²) >= 11 is 2.24. The van der Waals surface area contributed by atoms with Gasteiger partial charge in [0.05, 0.1) is 5.56 Å². The lowest BCUT2D eigenvalue weighted by molar-refractivity contribution is 0.102. The third kappa shape index (κ3) is 2.57. The lowest BCUT2D eigenvalue weighted by Gasteiger charge is -2.05. The van der Waals surface area contributed by atoms with Crippen molar-refractivity contribution in [1.29, 1.82) is 0 Å². The molecule has 0 spiro atoms. The van der Waals surface area contributed by atoms with Crippen molar-refractivity contribution in [2.75, 3.05) is 5.32 Å². The number of rotatable bonds is 2. The first-order chi connectivity index (χ1) is 11.2. The van der Waals surface area contributed by atoms with Gasteiger partial charge in [0.2, 0.25) is 0 Å². The molecule has 0 aliphatic carbocycles. The first-order valence-electron chi connectivity index (χ1n) is 7.14. The fraction of sp³-hybridized carbons (Fsp3) is 0. The van der Waals surface area contributed by atoms with E-state index < -0.39 is 0 Å². The molecule has 2 aromatic heterocycles. The van der Waals surface area contributed by atoms with Crippen LogP contribution in [0.4, 0.5) is 5.82 Å². The van der Waals surface area contributed by atoms with Gasteiger partial charge in [0.15, 0.2) is 0 Å². The molecule has 0 aliphatic heterocycles. The number of carbonyl (C=O) groups is 1. The van der Waals surface area contributed by atoms with Crippen LogP contribution in [0, 0.1) is 3.57 Å². The number of hydrogen-bond donors (Lipinski definition) is 2. The predicted octanol–water partition coefficient (Wildman–Crippen LogP) is 4.57. The number of aromatic amines is 1. The molecule has 1 amide bonds. The molecule has 4 nitrogen and oxygen atoms in total. The fourth-order valence-corrected chi connectivity index (χ4v) is 3.44. The minimum Gasteiger partial charge on any atom is -0.360 e. The van der Waals surface area contributed by atoms with E-state index in [1.807, 2.05) is 48.5 Å². The highest BCUT2D eigenvalue weighted by molar-refractivity contribution is 14.1. The van der Waals surface area contributed by atoms with E-state index in [4.69, 9.17) is 0 Å². The highest BCUT2D eigenvalue weighted by Crippen LogP contribution is 2.25. The SMILES string of the molecule is O=C(Nc1cc2ccccc2cn1)c1c[nH]c2cccc(I)c12. The number of nitrogens with zero attached hydrogens (tertiary/aromatic N) is 1. The van der Waals surface area contributed by atoms with Crippen LogP contribution in [0.25, 0.3) is 21.7 Å². The van der Waals surface area contributed by atoms with Crippen LogP contribution in [0.5, 0.6) is 0 Å². The Kier molecular flexibility index (Phi) is 3.49. The zero-order valence-corrected chi connectivity index (χ0v) is 14.2. The van der Waals surface area contributed by atoms with Gasteiger partial charge >= 0.3 is 0 Å². The van der Waals surface area contributed by atoms with Gasteiger partial charge in [-0.05, 0) is 46.2 Å². The third-order valence-corrected chi connectivity index (χ3v) is 4.67. The monoisotopic (exact) mass is 413 g/mol. The summed E-state index contributed by atoms with van der Waals surface area (Å²) in [7, 11) is 0.